The van der Waals surface area contributed by atoms with E-state index in [4.69, 9.17) is 0 Å². The Bertz CT molecular complexity index is 1630. The highest BCUT2D eigenvalue weighted by atomic mass is 32.2. The summed E-state index contributed by atoms with van der Waals surface area (Å²) >= 11 is 0. The quantitative estimate of drug-likeness (QED) is 0.275. The predicted molar refractivity (Wildman–Crippen MR) is 206 cm³/mol. The Kier molecular flexibility index (Phi) is 9.02. The van der Waals surface area contributed by atoms with Crippen LogP contribution in [0.15, 0.2) is 30.3 Å². The molecule has 6 nitrogen and oxygen atoms in total. The largest absolute Gasteiger partial charge is 0.478 e. The number of rotatable bonds is 9. The predicted octanol–water partition coefficient (Wildman–Crippen LogP) is 8.82. The van der Waals surface area contributed by atoms with Crippen LogP contribution in [0.3, 0.4) is 0 Å². The van der Waals surface area contributed by atoms with Crippen molar-refractivity contribution in [3.8, 4) is 0 Å². The maximum atomic E-state index is 12.0. The number of carboxylic acid groups (broad SMARTS) is 1. The van der Waals surface area contributed by atoms with Crippen LogP contribution < -0.4 is 0 Å². The first-order valence-electron chi connectivity index (χ1n) is 20.8. The van der Waals surface area contributed by atoms with Gasteiger partial charge in [0, 0.05) is 25.7 Å². The SMILES string of the molecule is CC1(C)C(c2ccc(C(=O)O)cc2)=CCC2(C)C1CCC1(C)C2CCC2C3CCCC3(CN(CCCN3CCS(=O)(=O)CC3)C3CC3)CC[C@]21C. The molecule has 1 aliphatic heterocycles. The van der Waals surface area contributed by atoms with Crippen molar-refractivity contribution in [1.29, 1.82) is 0 Å². The van der Waals surface area contributed by atoms with Crippen molar-refractivity contribution in [3.05, 3.63) is 41.5 Å². The van der Waals surface area contributed by atoms with E-state index in [1.807, 2.05) is 12.1 Å². The highest BCUT2D eigenvalue weighted by Crippen LogP contribution is 2.77. The van der Waals surface area contributed by atoms with Crippen molar-refractivity contribution < 1.29 is 18.3 Å². The van der Waals surface area contributed by atoms with Gasteiger partial charge in [0.2, 0.25) is 0 Å². The molecule has 1 aromatic rings. The van der Waals surface area contributed by atoms with Crippen LogP contribution in [0.25, 0.3) is 5.57 Å². The molecule has 0 aromatic heterocycles. The Morgan fingerprint density at radius 2 is 1.57 bits per heavy atom. The van der Waals surface area contributed by atoms with E-state index in [1.54, 1.807) is 12.1 Å². The first-order valence-corrected chi connectivity index (χ1v) is 22.7. The molecule has 51 heavy (non-hydrogen) atoms. The van der Waals surface area contributed by atoms with E-state index in [0.717, 1.165) is 56.3 Å². The molecule has 0 amide bonds. The Hall–Kier alpha value is -1.70. The van der Waals surface area contributed by atoms with Gasteiger partial charge in [-0.1, -0.05) is 59.2 Å². The monoisotopic (exact) mass is 718 g/mol. The molecule has 6 aliphatic carbocycles. The first-order chi connectivity index (χ1) is 24.1. The van der Waals surface area contributed by atoms with Gasteiger partial charge in [-0.15, -0.1) is 0 Å². The lowest BCUT2D eigenvalue weighted by molar-refractivity contribution is -0.224. The minimum Gasteiger partial charge on any atom is -0.478 e. The average Bonchev–Trinajstić information content (AvgIpc) is 3.84. The van der Waals surface area contributed by atoms with Crippen molar-refractivity contribution in [1.82, 2.24) is 9.80 Å². The van der Waals surface area contributed by atoms with Gasteiger partial charge in [0.15, 0.2) is 9.84 Å². The van der Waals surface area contributed by atoms with Gasteiger partial charge in [0.1, 0.15) is 0 Å². The molecular formula is C44H66N2O4S. The van der Waals surface area contributed by atoms with Crippen LogP contribution in [0.2, 0.25) is 0 Å². The third-order valence-electron chi connectivity index (χ3n) is 17.5. The van der Waals surface area contributed by atoms with Crippen LogP contribution in [-0.2, 0) is 9.84 Å². The number of sulfone groups is 1. The number of hydrogen-bond donors (Lipinski definition) is 1. The summed E-state index contributed by atoms with van der Waals surface area (Å²) in [5.74, 6) is 2.87. The number of benzene rings is 1. The van der Waals surface area contributed by atoms with Crippen LogP contribution in [0, 0.1) is 50.7 Å². The van der Waals surface area contributed by atoms with E-state index in [9.17, 15) is 18.3 Å². The fraction of sp³-hybridized carbons (Fsp3) is 0.795. The molecule has 8 rings (SSSR count). The molecular weight excluding hydrogens is 653 g/mol. The molecule has 6 fully saturated rings. The Morgan fingerprint density at radius 3 is 2.25 bits per heavy atom. The molecule has 5 saturated carbocycles. The molecule has 7 heteroatoms. The van der Waals surface area contributed by atoms with Crippen molar-refractivity contribution in [2.24, 2.45) is 50.7 Å². The number of aromatic carboxylic acids is 1. The Balaban J connectivity index is 0.992. The molecule has 1 N–H and O–H groups in total. The molecule has 8 atom stereocenters. The van der Waals surface area contributed by atoms with Gasteiger partial charge < -0.3 is 10.0 Å². The maximum absolute atomic E-state index is 12.0. The number of nitrogens with zero attached hydrogens (tertiary/aromatic N) is 2. The maximum Gasteiger partial charge on any atom is 0.335 e. The minimum absolute atomic E-state index is 0.0436. The fourth-order valence-corrected chi connectivity index (χ4v) is 15.9. The molecule has 282 valence electrons. The highest BCUT2D eigenvalue weighted by Gasteiger charge is 2.69. The molecule has 0 spiro atoms. The number of fused-ring (bicyclic) bond motifs is 7. The van der Waals surface area contributed by atoms with E-state index >= 15 is 0 Å². The lowest BCUT2D eigenvalue weighted by atomic mass is 9.32. The van der Waals surface area contributed by atoms with E-state index in [0.29, 0.717) is 39.2 Å². The van der Waals surface area contributed by atoms with Gasteiger partial charge in [0.05, 0.1) is 17.1 Å². The van der Waals surface area contributed by atoms with Crippen LogP contribution in [0.5, 0.6) is 0 Å². The van der Waals surface area contributed by atoms with Crippen molar-refractivity contribution >= 4 is 21.4 Å². The normalized spacial score (nSPS) is 41.6. The summed E-state index contributed by atoms with van der Waals surface area (Å²) in [5, 5.41) is 9.49. The lowest BCUT2D eigenvalue weighted by Crippen LogP contribution is -2.65. The zero-order chi connectivity index (χ0) is 36.0. The van der Waals surface area contributed by atoms with Gasteiger partial charge >= 0.3 is 5.97 Å². The molecule has 1 saturated heterocycles. The topological polar surface area (TPSA) is 77.9 Å². The van der Waals surface area contributed by atoms with Gasteiger partial charge in [-0.2, -0.15) is 0 Å². The summed E-state index contributed by atoms with van der Waals surface area (Å²) in [5.41, 5.74) is 4.54. The summed E-state index contributed by atoms with van der Waals surface area (Å²) in [4.78, 5) is 16.9. The zero-order valence-electron chi connectivity index (χ0n) is 32.4. The smallest absolute Gasteiger partial charge is 0.335 e. The van der Waals surface area contributed by atoms with E-state index in [2.05, 4.69) is 50.5 Å². The Labute approximate surface area is 309 Å². The van der Waals surface area contributed by atoms with Crippen LogP contribution in [-0.4, -0.2) is 79.6 Å². The highest BCUT2D eigenvalue weighted by molar-refractivity contribution is 7.91. The van der Waals surface area contributed by atoms with Gasteiger partial charge in [-0.3, -0.25) is 4.90 Å². The molecule has 1 aromatic carbocycles. The number of allylic oxidation sites excluding steroid dienone is 2. The van der Waals surface area contributed by atoms with E-state index in [-0.39, 0.29) is 10.8 Å². The van der Waals surface area contributed by atoms with Crippen molar-refractivity contribution in [3.63, 3.8) is 0 Å². The third kappa shape index (κ3) is 5.92. The molecule has 0 bridgehead atoms. The van der Waals surface area contributed by atoms with Crippen LogP contribution in [0.1, 0.15) is 134 Å². The second kappa shape index (κ2) is 12.7. The third-order valence-corrected chi connectivity index (χ3v) is 19.1. The van der Waals surface area contributed by atoms with E-state index in [1.165, 1.54) is 94.9 Å². The summed E-state index contributed by atoms with van der Waals surface area (Å²) < 4.78 is 23.9. The van der Waals surface area contributed by atoms with Crippen molar-refractivity contribution in [2.75, 3.05) is 44.2 Å². The standard InChI is InChI=1S/C44H66N2O4S/c1-40(2)34(31-9-11-32(12-10-31)39(47)48)17-20-41(3)37(40)18-21-43(5)38(41)16-15-35-36-8-6-19-44(36,23-22-42(35,43)4)30-46(33-13-14-33)25-7-24-45-26-28-51(49,50)29-27-45/h9-12,17,33,35-38H,6-8,13-16,18-30H2,1-5H3,(H,47,48)/t35?,36?,37?,38?,41?,42-,43?,44?/m1/s1. The summed E-state index contributed by atoms with van der Waals surface area (Å²) in [7, 11) is -2.82. The summed E-state index contributed by atoms with van der Waals surface area (Å²) in [6.07, 6.45) is 20.1. The number of carboxylic acids is 1. The van der Waals surface area contributed by atoms with Crippen LogP contribution >= 0.6 is 0 Å². The molecule has 7 unspecified atom stereocenters. The number of carbonyl (C=O) groups is 1. The summed E-state index contributed by atoms with van der Waals surface area (Å²) in [6, 6.07) is 8.43. The van der Waals surface area contributed by atoms with Gasteiger partial charge in [0.25, 0.3) is 0 Å². The van der Waals surface area contributed by atoms with E-state index < -0.39 is 15.8 Å². The van der Waals surface area contributed by atoms with Crippen LogP contribution in [0.4, 0.5) is 0 Å². The van der Waals surface area contributed by atoms with Crippen molar-refractivity contribution in [2.45, 2.75) is 124 Å². The minimum atomic E-state index is -2.82. The fourth-order valence-electron chi connectivity index (χ4n) is 14.6. The van der Waals surface area contributed by atoms with Gasteiger partial charge in [-0.25, -0.2) is 13.2 Å². The average molecular weight is 719 g/mol. The second-order valence-corrected chi connectivity index (χ2v) is 22.3. The lowest BCUT2D eigenvalue weighted by Gasteiger charge is -2.72. The first kappa shape index (κ1) is 36.3. The molecule has 0 radical (unpaired) electrons. The number of hydrogen-bond acceptors (Lipinski definition) is 5. The Morgan fingerprint density at radius 1 is 0.843 bits per heavy atom. The summed E-state index contributed by atoms with van der Waals surface area (Å²) in [6.45, 7) is 18.1. The second-order valence-electron chi connectivity index (χ2n) is 20.0. The molecule has 7 aliphatic rings. The molecule has 1 heterocycles. The van der Waals surface area contributed by atoms with Gasteiger partial charge in [-0.05, 0) is 164 Å². The zero-order valence-corrected chi connectivity index (χ0v) is 33.2.